The van der Waals surface area contributed by atoms with Crippen LogP contribution in [0.2, 0.25) is 0 Å². The number of benzene rings is 1. The molecule has 1 aliphatic carbocycles. The number of rotatable bonds is 7. The Hall–Kier alpha value is -2.77. The molecule has 0 bridgehead atoms. The Kier molecular flexibility index (Phi) is 6.06. The van der Waals surface area contributed by atoms with Gasteiger partial charge in [-0.15, -0.1) is 0 Å². The Morgan fingerprint density at radius 3 is 2.46 bits per heavy atom. The highest BCUT2D eigenvalue weighted by Gasteiger charge is 2.51. The Bertz CT molecular complexity index is 758. The summed E-state index contributed by atoms with van der Waals surface area (Å²) >= 11 is 0. The minimum Gasteiger partial charge on any atom is -0.490 e. The summed E-state index contributed by atoms with van der Waals surface area (Å²) < 4.78 is 11.1. The topological polar surface area (TPSA) is 97.0 Å². The molecule has 28 heavy (non-hydrogen) atoms. The maximum Gasteiger partial charge on any atom is 0.325 e. The number of ether oxygens (including phenoxy) is 2. The first-order valence-corrected chi connectivity index (χ1v) is 9.82. The third kappa shape index (κ3) is 4.05. The molecule has 1 saturated heterocycles. The summed E-state index contributed by atoms with van der Waals surface area (Å²) in [4.78, 5) is 38.5. The van der Waals surface area contributed by atoms with Crippen LogP contribution in [0.4, 0.5) is 10.5 Å². The van der Waals surface area contributed by atoms with Gasteiger partial charge < -0.3 is 20.1 Å². The molecule has 8 nitrogen and oxygen atoms in total. The highest BCUT2D eigenvalue weighted by molar-refractivity contribution is 6.10. The van der Waals surface area contributed by atoms with Crippen LogP contribution >= 0.6 is 0 Å². The van der Waals surface area contributed by atoms with Crippen molar-refractivity contribution >= 4 is 23.5 Å². The van der Waals surface area contributed by atoms with Gasteiger partial charge in [0, 0.05) is 11.8 Å². The van der Waals surface area contributed by atoms with E-state index >= 15 is 0 Å². The standard InChI is InChI=1S/C20H27N3O5/c1-3-27-15-9-8-14(12-16(15)28-4-2)21-17(24)13-23-18(25)20(22-19(23)26)10-6-5-7-11-20/h8-9,12H,3-7,10-11,13H2,1-2H3,(H,21,24)(H,22,26). The molecule has 2 fully saturated rings. The molecule has 0 radical (unpaired) electrons. The number of nitrogens with zero attached hydrogens (tertiary/aromatic N) is 1. The Labute approximate surface area is 164 Å². The van der Waals surface area contributed by atoms with E-state index in [4.69, 9.17) is 9.47 Å². The average Bonchev–Trinajstić information content (AvgIpc) is 2.89. The van der Waals surface area contributed by atoms with Crippen LogP contribution in [0.3, 0.4) is 0 Å². The molecule has 0 unspecified atom stereocenters. The van der Waals surface area contributed by atoms with E-state index in [9.17, 15) is 14.4 Å². The van der Waals surface area contributed by atoms with Gasteiger partial charge in [0.05, 0.1) is 13.2 Å². The minimum absolute atomic E-state index is 0.297. The molecule has 1 spiro atoms. The van der Waals surface area contributed by atoms with E-state index in [-0.39, 0.29) is 12.5 Å². The summed E-state index contributed by atoms with van der Waals surface area (Å²) in [7, 11) is 0. The van der Waals surface area contributed by atoms with Crippen LogP contribution in [0.15, 0.2) is 18.2 Å². The summed E-state index contributed by atoms with van der Waals surface area (Å²) in [6.07, 6.45) is 4.13. The monoisotopic (exact) mass is 389 g/mol. The maximum absolute atomic E-state index is 12.8. The van der Waals surface area contributed by atoms with E-state index in [1.165, 1.54) is 0 Å². The molecule has 152 valence electrons. The molecule has 3 rings (SSSR count). The predicted octanol–water partition coefficient (Wildman–Crippen LogP) is 2.68. The number of anilines is 1. The van der Waals surface area contributed by atoms with Gasteiger partial charge in [-0.3, -0.25) is 14.5 Å². The quantitative estimate of drug-likeness (QED) is 0.699. The fourth-order valence-electron chi connectivity index (χ4n) is 3.79. The van der Waals surface area contributed by atoms with E-state index < -0.39 is 17.5 Å². The van der Waals surface area contributed by atoms with Gasteiger partial charge in [-0.2, -0.15) is 0 Å². The van der Waals surface area contributed by atoms with Crippen molar-refractivity contribution in [3.8, 4) is 11.5 Å². The molecule has 2 N–H and O–H groups in total. The third-order valence-electron chi connectivity index (χ3n) is 5.08. The smallest absolute Gasteiger partial charge is 0.325 e. The number of hydrogen-bond acceptors (Lipinski definition) is 5. The number of carbonyl (C=O) groups excluding carboxylic acids is 3. The zero-order valence-corrected chi connectivity index (χ0v) is 16.4. The van der Waals surface area contributed by atoms with Crippen molar-refractivity contribution in [3.63, 3.8) is 0 Å². The van der Waals surface area contributed by atoms with Gasteiger partial charge in [0.15, 0.2) is 11.5 Å². The molecular formula is C20H27N3O5. The summed E-state index contributed by atoms with van der Waals surface area (Å²) in [6.45, 7) is 4.38. The minimum atomic E-state index is -0.823. The first-order chi connectivity index (χ1) is 13.5. The lowest BCUT2D eigenvalue weighted by Crippen LogP contribution is -2.48. The van der Waals surface area contributed by atoms with Gasteiger partial charge in [0.1, 0.15) is 12.1 Å². The van der Waals surface area contributed by atoms with Crippen LogP contribution in [-0.4, -0.2) is 48.0 Å². The van der Waals surface area contributed by atoms with Crippen molar-refractivity contribution in [2.45, 2.75) is 51.5 Å². The van der Waals surface area contributed by atoms with E-state index in [2.05, 4.69) is 10.6 Å². The van der Waals surface area contributed by atoms with E-state index in [1.807, 2.05) is 13.8 Å². The van der Waals surface area contributed by atoms with E-state index in [1.54, 1.807) is 18.2 Å². The van der Waals surface area contributed by atoms with Gasteiger partial charge >= 0.3 is 6.03 Å². The number of carbonyl (C=O) groups is 3. The molecule has 1 aromatic carbocycles. The summed E-state index contributed by atoms with van der Waals surface area (Å²) in [6, 6.07) is 4.58. The molecule has 1 aromatic rings. The van der Waals surface area contributed by atoms with Crippen molar-refractivity contribution in [2.75, 3.05) is 25.1 Å². The van der Waals surface area contributed by atoms with Crippen LogP contribution in [-0.2, 0) is 9.59 Å². The van der Waals surface area contributed by atoms with Gasteiger partial charge in [0.25, 0.3) is 5.91 Å². The number of hydrogen-bond donors (Lipinski definition) is 2. The second kappa shape index (κ2) is 8.50. The molecule has 1 aliphatic heterocycles. The fourth-order valence-corrected chi connectivity index (χ4v) is 3.79. The second-order valence-electron chi connectivity index (χ2n) is 7.04. The lowest BCUT2D eigenvalue weighted by atomic mass is 9.82. The highest BCUT2D eigenvalue weighted by atomic mass is 16.5. The molecule has 8 heteroatoms. The van der Waals surface area contributed by atoms with Crippen molar-refractivity contribution in [1.29, 1.82) is 0 Å². The molecule has 0 atom stereocenters. The predicted molar refractivity (Wildman–Crippen MR) is 103 cm³/mol. The summed E-state index contributed by atoms with van der Waals surface area (Å²) in [5, 5.41) is 5.53. The molecular weight excluding hydrogens is 362 g/mol. The van der Waals surface area contributed by atoms with Crippen LogP contribution < -0.4 is 20.1 Å². The molecule has 0 aromatic heterocycles. The molecule has 1 saturated carbocycles. The average molecular weight is 389 g/mol. The van der Waals surface area contributed by atoms with E-state index in [0.29, 0.717) is 43.2 Å². The lowest BCUT2D eigenvalue weighted by Gasteiger charge is -2.30. The number of urea groups is 1. The molecule has 1 heterocycles. The summed E-state index contributed by atoms with van der Waals surface area (Å²) in [5.41, 5.74) is -0.312. The van der Waals surface area contributed by atoms with Gasteiger partial charge in [-0.25, -0.2) is 4.79 Å². The maximum atomic E-state index is 12.8. The zero-order chi connectivity index (χ0) is 20.1. The van der Waals surface area contributed by atoms with Crippen molar-refractivity contribution in [1.82, 2.24) is 10.2 Å². The van der Waals surface area contributed by atoms with Gasteiger partial charge in [-0.1, -0.05) is 19.3 Å². The van der Waals surface area contributed by atoms with Crippen LogP contribution in [0.5, 0.6) is 11.5 Å². The number of imide groups is 1. The number of amides is 4. The highest BCUT2D eigenvalue weighted by Crippen LogP contribution is 2.34. The van der Waals surface area contributed by atoms with Gasteiger partial charge in [0.2, 0.25) is 5.91 Å². The molecule has 4 amide bonds. The Morgan fingerprint density at radius 1 is 1.11 bits per heavy atom. The molecule has 2 aliphatic rings. The second-order valence-corrected chi connectivity index (χ2v) is 7.04. The van der Waals surface area contributed by atoms with Crippen LogP contribution in [0.1, 0.15) is 46.0 Å². The summed E-state index contributed by atoms with van der Waals surface area (Å²) in [5.74, 6) is 0.381. The normalized spacial score (nSPS) is 18.1. The Balaban J connectivity index is 1.66. The van der Waals surface area contributed by atoms with Crippen LogP contribution in [0.25, 0.3) is 0 Å². The largest absolute Gasteiger partial charge is 0.490 e. The number of nitrogens with one attached hydrogen (secondary N) is 2. The van der Waals surface area contributed by atoms with Crippen molar-refractivity contribution in [3.05, 3.63) is 18.2 Å². The third-order valence-corrected chi connectivity index (χ3v) is 5.08. The van der Waals surface area contributed by atoms with Crippen molar-refractivity contribution in [2.24, 2.45) is 0 Å². The lowest BCUT2D eigenvalue weighted by molar-refractivity contribution is -0.134. The van der Waals surface area contributed by atoms with Gasteiger partial charge in [-0.05, 0) is 38.8 Å². The fraction of sp³-hybridized carbons (Fsp3) is 0.550. The van der Waals surface area contributed by atoms with E-state index in [0.717, 1.165) is 24.2 Å². The Morgan fingerprint density at radius 2 is 1.79 bits per heavy atom. The first kappa shape index (κ1) is 20.0. The van der Waals surface area contributed by atoms with Crippen molar-refractivity contribution < 1.29 is 23.9 Å². The zero-order valence-electron chi connectivity index (χ0n) is 16.4. The first-order valence-electron chi connectivity index (χ1n) is 9.82. The SMILES string of the molecule is CCOc1ccc(NC(=O)CN2C(=O)NC3(CCCCC3)C2=O)cc1OCC. The van der Waals surface area contributed by atoms with Crippen LogP contribution in [0, 0.1) is 0 Å².